The highest BCUT2D eigenvalue weighted by molar-refractivity contribution is 7.99. The zero-order valence-electron chi connectivity index (χ0n) is 12.0. The minimum Gasteiger partial charge on any atom is -0.454 e. The van der Waals surface area contributed by atoms with Crippen LogP contribution in [0.15, 0.2) is 18.2 Å². The zero-order valence-corrected chi connectivity index (χ0v) is 13.6. The Labute approximate surface area is 136 Å². The van der Waals surface area contributed by atoms with Crippen LogP contribution in [0, 0.1) is 6.92 Å². The largest absolute Gasteiger partial charge is 0.454 e. The minimum absolute atomic E-state index is 0.00325. The van der Waals surface area contributed by atoms with Crippen molar-refractivity contribution in [3.63, 3.8) is 0 Å². The third-order valence-electron chi connectivity index (χ3n) is 3.15. The Bertz CT molecular complexity index is 675. The predicted molar refractivity (Wildman–Crippen MR) is 85.2 cm³/mol. The van der Waals surface area contributed by atoms with E-state index in [2.05, 4.69) is 14.1 Å². The molecule has 2 heterocycles. The number of aromatic nitrogens is 2. The van der Waals surface area contributed by atoms with Crippen LogP contribution in [0.5, 0.6) is 11.5 Å². The summed E-state index contributed by atoms with van der Waals surface area (Å²) in [5.74, 6) is 2.59. The summed E-state index contributed by atoms with van der Waals surface area (Å²) in [5, 5.41) is 2.90. The number of benzene rings is 1. The minimum atomic E-state index is 0.00325. The molecule has 0 saturated carbocycles. The molecule has 0 saturated heterocycles. The molecule has 1 amide bonds. The molecule has 1 aliphatic rings. The first kappa shape index (κ1) is 15.1. The van der Waals surface area contributed by atoms with Crippen LogP contribution in [0.25, 0.3) is 0 Å². The number of hydrogen-bond acceptors (Lipinski definition) is 7. The van der Waals surface area contributed by atoms with E-state index >= 15 is 0 Å². The van der Waals surface area contributed by atoms with E-state index in [0.717, 1.165) is 28.5 Å². The van der Waals surface area contributed by atoms with Gasteiger partial charge in [0.05, 0.1) is 28.9 Å². The summed E-state index contributed by atoms with van der Waals surface area (Å²) in [7, 11) is 0. The fourth-order valence-corrected chi connectivity index (χ4v) is 3.43. The number of amides is 1. The van der Waals surface area contributed by atoms with Crippen molar-refractivity contribution in [1.29, 1.82) is 0 Å². The highest BCUT2D eigenvalue weighted by atomic mass is 32.2. The molecule has 6 nitrogen and oxygen atoms in total. The second kappa shape index (κ2) is 6.97. The van der Waals surface area contributed by atoms with Crippen LogP contribution in [0.4, 0.5) is 0 Å². The van der Waals surface area contributed by atoms with E-state index in [4.69, 9.17) is 9.47 Å². The molecule has 0 spiro atoms. The molecule has 0 bridgehead atoms. The van der Waals surface area contributed by atoms with Gasteiger partial charge >= 0.3 is 0 Å². The Morgan fingerprint density at radius 3 is 3.05 bits per heavy atom. The Hall–Kier alpha value is -1.80. The molecule has 0 unspecified atom stereocenters. The molecule has 0 atom stereocenters. The summed E-state index contributed by atoms with van der Waals surface area (Å²) >= 11 is 2.74. The molecule has 0 aliphatic carbocycles. The Kier molecular flexibility index (Phi) is 4.79. The monoisotopic (exact) mass is 337 g/mol. The van der Waals surface area contributed by atoms with Crippen molar-refractivity contribution in [1.82, 2.24) is 14.1 Å². The molecule has 1 aromatic carbocycles. The first-order chi connectivity index (χ1) is 10.7. The van der Waals surface area contributed by atoms with Gasteiger partial charge in [-0.05, 0) is 24.6 Å². The number of thioether (sulfide) groups is 1. The first-order valence-corrected chi connectivity index (χ1v) is 8.62. The van der Waals surface area contributed by atoms with Gasteiger partial charge in [0, 0.05) is 12.3 Å². The molecule has 1 aliphatic heterocycles. The van der Waals surface area contributed by atoms with E-state index in [1.165, 1.54) is 23.5 Å². The van der Waals surface area contributed by atoms with Crippen molar-refractivity contribution in [2.45, 2.75) is 19.2 Å². The average Bonchev–Trinajstić information content (AvgIpc) is 3.14. The standard InChI is InChI=1S/C14H15N3O3S2/c1-9-11(17-22-16-9)6-21-7-14(18)15-5-10-2-3-12-13(4-10)20-8-19-12/h2-4H,5-8H2,1H3,(H,15,18). The van der Waals surface area contributed by atoms with Crippen LogP contribution in [0.2, 0.25) is 0 Å². The number of carbonyl (C=O) groups excluding carboxylic acids is 1. The van der Waals surface area contributed by atoms with E-state index in [1.54, 1.807) is 0 Å². The maximum atomic E-state index is 11.8. The van der Waals surface area contributed by atoms with Gasteiger partial charge in [-0.25, -0.2) is 0 Å². The number of aryl methyl sites for hydroxylation is 1. The quantitative estimate of drug-likeness (QED) is 0.870. The van der Waals surface area contributed by atoms with Gasteiger partial charge in [-0.2, -0.15) is 8.75 Å². The average molecular weight is 337 g/mol. The zero-order chi connectivity index (χ0) is 15.4. The molecule has 1 N–H and O–H groups in total. The van der Waals surface area contributed by atoms with E-state index in [0.29, 0.717) is 18.1 Å². The molecular weight excluding hydrogens is 322 g/mol. The van der Waals surface area contributed by atoms with Gasteiger partial charge in [0.2, 0.25) is 12.7 Å². The molecule has 3 rings (SSSR count). The van der Waals surface area contributed by atoms with Gasteiger partial charge in [-0.15, -0.1) is 11.8 Å². The van der Waals surface area contributed by atoms with Gasteiger partial charge in [0.25, 0.3) is 0 Å². The number of nitrogens with one attached hydrogen (secondary N) is 1. The second-order valence-electron chi connectivity index (χ2n) is 4.75. The van der Waals surface area contributed by atoms with Crippen LogP contribution >= 0.6 is 23.5 Å². The molecule has 0 radical (unpaired) electrons. The second-order valence-corrected chi connectivity index (χ2v) is 6.27. The highest BCUT2D eigenvalue weighted by Gasteiger charge is 2.13. The molecular formula is C14H15N3O3S2. The summed E-state index contributed by atoms with van der Waals surface area (Å²) in [4.78, 5) is 11.8. The summed E-state index contributed by atoms with van der Waals surface area (Å²) in [5.41, 5.74) is 2.89. The maximum absolute atomic E-state index is 11.8. The molecule has 8 heteroatoms. The lowest BCUT2D eigenvalue weighted by atomic mass is 10.2. The molecule has 2 aromatic rings. The summed E-state index contributed by atoms with van der Waals surface area (Å²) in [6.45, 7) is 2.67. The molecule has 0 fully saturated rings. The van der Waals surface area contributed by atoms with Crippen molar-refractivity contribution in [2.24, 2.45) is 0 Å². The lowest BCUT2D eigenvalue weighted by molar-refractivity contribution is -0.118. The predicted octanol–water partition coefficient (Wildman–Crippen LogP) is 2.12. The van der Waals surface area contributed by atoms with Crippen molar-refractivity contribution in [3.05, 3.63) is 35.2 Å². The van der Waals surface area contributed by atoms with Crippen LogP contribution in [0.3, 0.4) is 0 Å². The molecule has 116 valence electrons. The van der Waals surface area contributed by atoms with Crippen LogP contribution in [-0.2, 0) is 17.1 Å². The maximum Gasteiger partial charge on any atom is 0.231 e. The number of carbonyl (C=O) groups is 1. The van der Waals surface area contributed by atoms with Gasteiger partial charge in [-0.3, -0.25) is 4.79 Å². The van der Waals surface area contributed by atoms with Crippen molar-refractivity contribution < 1.29 is 14.3 Å². The van der Waals surface area contributed by atoms with Crippen LogP contribution in [0.1, 0.15) is 17.0 Å². The smallest absolute Gasteiger partial charge is 0.231 e. The first-order valence-electron chi connectivity index (χ1n) is 6.73. The normalized spacial score (nSPS) is 12.4. The fraction of sp³-hybridized carbons (Fsp3) is 0.357. The summed E-state index contributed by atoms with van der Waals surface area (Å²) in [6.07, 6.45) is 0. The highest BCUT2D eigenvalue weighted by Crippen LogP contribution is 2.32. The van der Waals surface area contributed by atoms with Crippen LogP contribution < -0.4 is 14.8 Å². The SMILES string of the molecule is Cc1nsnc1CSCC(=O)NCc1ccc2c(c1)OCO2. The van der Waals surface area contributed by atoms with Crippen LogP contribution in [-0.4, -0.2) is 27.2 Å². The number of fused-ring (bicyclic) bond motifs is 1. The Morgan fingerprint density at radius 2 is 2.23 bits per heavy atom. The van der Waals surface area contributed by atoms with E-state index < -0.39 is 0 Å². The number of nitrogens with zero attached hydrogens (tertiary/aromatic N) is 2. The molecule has 22 heavy (non-hydrogen) atoms. The Balaban J connectivity index is 1.41. The number of ether oxygens (including phenoxy) is 2. The van der Waals surface area contributed by atoms with E-state index in [-0.39, 0.29) is 12.7 Å². The molecule has 1 aromatic heterocycles. The van der Waals surface area contributed by atoms with Gasteiger partial charge < -0.3 is 14.8 Å². The van der Waals surface area contributed by atoms with Gasteiger partial charge in [0.15, 0.2) is 11.5 Å². The summed E-state index contributed by atoms with van der Waals surface area (Å²) in [6, 6.07) is 5.67. The number of hydrogen-bond donors (Lipinski definition) is 1. The van der Waals surface area contributed by atoms with Crippen molar-refractivity contribution >= 4 is 29.4 Å². The van der Waals surface area contributed by atoms with Crippen molar-refractivity contribution in [3.8, 4) is 11.5 Å². The lowest BCUT2D eigenvalue weighted by Crippen LogP contribution is -2.24. The van der Waals surface area contributed by atoms with E-state index in [1.807, 2.05) is 25.1 Å². The lowest BCUT2D eigenvalue weighted by Gasteiger charge is -2.06. The fourth-order valence-electron chi connectivity index (χ4n) is 1.92. The third-order valence-corrected chi connectivity index (χ3v) is 4.75. The van der Waals surface area contributed by atoms with Crippen molar-refractivity contribution in [2.75, 3.05) is 12.5 Å². The van der Waals surface area contributed by atoms with E-state index in [9.17, 15) is 4.79 Å². The van der Waals surface area contributed by atoms with Gasteiger partial charge in [-0.1, -0.05) is 6.07 Å². The third kappa shape index (κ3) is 3.69. The van der Waals surface area contributed by atoms with Gasteiger partial charge in [0.1, 0.15) is 0 Å². The number of rotatable bonds is 6. The Morgan fingerprint density at radius 1 is 1.36 bits per heavy atom. The summed E-state index contributed by atoms with van der Waals surface area (Å²) < 4.78 is 18.9. The topological polar surface area (TPSA) is 73.3 Å².